The number of amides is 1. The fourth-order valence-electron chi connectivity index (χ4n) is 4.45. The van der Waals surface area contributed by atoms with Gasteiger partial charge in [0.15, 0.2) is 0 Å². The van der Waals surface area contributed by atoms with E-state index in [1.165, 1.54) is 12.1 Å². The minimum atomic E-state index is -0.666. The number of nitro groups is 1. The normalized spacial score (nSPS) is 16.4. The molecule has 1 saturated carbocycles. The van der Waals surface area contributed by atoms with Crippen molar-refractivity contribution in [1.82, 2.24) is 0 Å². The third-order valence-corrected chi connectivity index (χ3v) is 6.38. The van der Waals surface area contributed by atoms with Gasteiger partial charge in [-0.3, -0.25) is 14.9 Å². The summed E-state index contributed by atoms with van der Waals surface area (Å²) in [5.41, 5.74) is 2.95. The number of non-ortho nitro benzene ring substituents is 1. The Morgan fingerprint density at radius 2 is 1.71 bits per heavy atom. The number of carbonyl (C=O) groups excluding carboxylic acids is 1. The fraction of sp³-hybridized carbons (Fsp3) is 0.480. The summed E-state index contributed by atoms with van der Waals surface area (Å²) >= 11 is 0. The Kier molecular flexibility index (Phi) is 6.98. The van der Waals surface area contributed by atoms with Crippen molar-refractivity contribution in [1.29, 1.82) is 0 Å². The average Bonchev–Trinajstić information content (AvgIpc) is 2.76. The molecule has 1 fully saturated rings. The fourth-order valence-corrected chi connectivity index (χ4v) is 4.45. The smallest absolute Gasteiger partial charge is 0.269 e. The van der Waals surface area contributed by atoms with Crippen molar-refractivity contribution < 1.29 is 14.5 Å². The van der Waals surface area contributed by atoms with Crippen LogP contribution in [-0.2, 0) is 10.2 Å². The molecule has 3 rings (SSSR count). The summed E-state index contributed by atoms with van der Waals surface area (Å²) in [5.74, 6) is 0.825. The van der Waals surface area contributed by atoms with Crippen LogP contribution >= 0.6 is 0 Å². The molecule has 1 atom stereocenters. The second kappa shape index (κ2) is 9.50. The van der Waals surface area contributed by atoms with Crippen molar-refractivity contribution in [2.75, 3.05) is 5.32 Å². The van der Waals surface area contributed by atoms with E-state index < -0.39 is 10.3 Å². The highest BCUT2D eigenvalue weighted by Crippen LogP contribution is 2.41. The number of nitro benzene ring substituents is 1. The summed E-state index contributed by atoms with van der Waals surface area (Å²) in [4.78, 5) is 24.2. The van der Waals surface area contributed by atoms with Gasteiger partial charge in [0.2, 0.25) is 5.91 Å². The molecule has 0 saturated heterocycles. The molecular weight excluding hydrogens is 392 g/mol. The molecule has 0 aromatic heterocycles. The van der Waals surface area contributed by atoms with Crippen LogP contribution in [-0.4, -0.2) is 16.9 Å². The molecule has 1 aliphatic rings. The van der Waals surface area contributed by atoms with Gasteiger partial charge in [0.05, 0.1) is 16.4 Å². The summed E-state index contributed by atoms with van der Waals surface area (Å²) < 4.78 is 6.05. The number of nitrogens with zero attached hydrogens (tertiary/aromatic N) is 1. The van der Waals surface area contributed by atoms with Crippen LogP contribution in [0.1, 0.15) is 69.1 Å². The van der Waals surface area contributed by atoms with Gasteiger partial charge in [0.1, 0.15) is 5.75 Å². The van der Waals surface area contributed by atoms with Crippen LogP contribution in [0.5, 0.6) is 5.75 Å². The molecule has 166 valence electrons. The lowest BCUT2D eigenvalue weighted by Crippen LogP contribution is -2.42. The number of carbonyl (C=O) groups is 1. The number of rotatable bonds is 7. The topological polar surface area (TPSA) is 81.5 Å². The van der Waals surface area contributed by atoms with Crippen LogP contribution in [0.25, 0.3) is 0 Å². The Bertz CT molecular complexity index is 923. The second-order valence-electron chi connectivity index (χ2n) is 8.68. The van der Waals surface area contributed by atoms with E-state index in [2.05, 4.69) is 12.2 Å². The lowest BCUT2D eigenvalue weighted by molar-refractivity contribution is -0.384. The van der Waals surface area contributed by atoms with Crippen molar-refractivity contribution in [3.05, 3.63) is 63.2 Å². The maximum absolute atomic E-state index is 13.6. The quantitative estimate of drug-likeness (QED) is 0.422. The molecule has 1 amide bonds. The van der Waals surface area contributed by atoms with E-state index in [0.717, 1.165) is 66.7 Å². The predicted octanol–water partition coefficient (Wildman–Crippen LogP) is 6.23. The first kappa shape index (κ1) is 22.8. The lowest BCUT2D eigenvalue weighted by atomic mass is 9.68. The molecule has 1 aliphatic carbocycles. The van der Waals surface area contributed by atoms with Gasteiger partial charge in [-0.25, -0.2) is 0 Å². The highest BCUT2D eigenvalue weighted by molar-refractivity contribution is 5.99. The largest absolute Gasteiger partial charge is 0.490 e. The maximum atomic E-state index is 13.6. The van der Waals surface area contributed by atoms with Crippen LogP contribution in [0.3, 0.4) is 0 Å². The molecule has 0 bridgehead atoms. The summed E-state index contributed by atoms with van der Waals surface area (Å²) in [6.07, 6.45) is 5.56. The number of anilines is 1. The third kappa shape index (κ3) is 4.89. The molecule has 2 aromatic carbocycles. The third-order valence-electron chi connectivity index (χ3n) is 6.38. The zero-order valence-corrected chi connectivity index (χ0v) is 18.9. The van der Waals surface area contributed by atoms with E-state index >= 15 is 0 Å². The molecule has 6 heteroatoms. The number of aryl methyl sites for hydroxylation is 2. The molecule has 2 aromatic rings. The van der Waals surface area contributed by atoms with Gasteiger partial charge in [0.25, 0.3) is 5.69 Å². The Morgan fingerprint density at radius 1 is 1.13 bits per heavy atom. The first-order valence-electron chi connectivity index (χ1n) is 11.1. The van der Waals surface area contributed by atoms with Crippen molar-refractivity contribution in [3.63, 3.8) is 0 Å². The zero-order chi connectivity index (χ0) is 22.6. The van der Waals surface area contributed by atoms with E-state index in [1.54, 1.807) is 12.1 Å². The van der Waals surface area contributed by atoms with E-state index in [4.69, 9.17) is 4.74 Å². The molecule has 0 aliphatic heterocycles. The highest BCUT2D eigenvalue weighted by atomic mass is 16.6. The number of hydrogen-bond acceptors (Lipinski definition) is 4. The standard InChI is InChI=1S/C25H32N2O4/c1-5-19(4)31-23-17(2)15-21(16-18(23)3)26-24(28)25(13-7-6-8-14-25)20-9-11-22(12-10-20)27(29)30/h9-12,15-16,19H,5-8,13-14H2,1-4H3,(H,26,28). The number of benzene rings is 2. The maximum Gasteiger partial charge on any atom is 0.269 e. The van der Waals surface area contributed by atoms with Gasteiger partial charge in [-0.1, -0.05) is 38.3 Å². The van der Waals surface area contributed by atoms with Gasteiger partial charge in [-0.2, -0.15) is 0 Å². The van der Waals surface area contributed by atoms with Crippen LogP contribution < -0.4 is 10.1 Å². The Morgan fingerprint density at radius 3 is 2.23 bits per heavy atom. The van der Waals surface area contributed by atoms with Crippen LogP contribution in [0.15, 0.2) is 36.4 Å². The summed E-state index contributed by atoms with van der Waals surface area (Å²) in [6.45, 7) is 8.12. The van der Waals surface area contributed by atoms with E-state index in [9.17, 15) is 14.9 Å². The van der Waals surface area contributed by atoms with Crippen molar-refractivity contribution >= 4 is 17.3 Å². The molecule has 0 spiro atoms. The summed E-state index contributed by atoms with van der Waals surface area (Å²) in [6, 6.07) is 10.4. The Hall–Kier alpha value is -2.89. The lowest BCUT2D eigenvalue weighted by Gasteiger charge is -2.36. The van der Waals surface area contributed by atoms with E-state index in [1.807, 2.05) is 32.9 Å². The van der Waals surface area contributed by atoms with E-state index in [-0.39, 0.29) is 17.7 Å². The first-order valence-corrected chi connectivity index (χ1v) is 11.1. The predicted molar refractivity (Wildman–Crippen MR) is 123 cm³/mol. The number of nitrogens with one attached hydrogen (secondary N) is 1. The average molecular weight is 425 g/mol. The minimum Gasteiger partial charge on any atom is -0.490 e. The number of hydrogen-bond donors (Lipinski definition) is 1. The highest BCUT2D eigenvalue weighted by Gasteiger charge is 2.41. The van der Waals surface area contributed by atoms with Crippen LogP contribution in [0.4, 0.5) is 11.4 Å². The van der Waals surface area contributed by atoms with Crippen molar-refractivity contribution in [2.24, 2.45) is 0 Å². The molecule has 1 unspecified atom stereocenters. The molecule has 6 nitrogen and oxygen atoms in total. The Labute approximate surface area is 184 Å². The molecule has 0 heterocycles. The van der Waals surface area contributed by atoms with E-state index in [0.29, 0.717) is 0 Å². The zero-order valence-electron chi connectivity index (χ0n) is 18.9. The SMILES string of the molecule is CCC(C)Oc1c(C)cc(NC(=O)C2(c3ccc([N+](=O)[O-])cc3)CCCCC2)cc1C. The van der Waals surface area contributed by atoms with Crippen LogP contribution in [0.2, 0.25) is 0 Å². The van der Waals surface area contributed by atoms with Crippen LogP contribution in [0, 0.1) is 24.0 Å². The summed E-state index contributed by atoms with van der Waals surface area (Å²) in [5, 5.41) is 14.2. The van der Waals surface area contributed by atoms with Gasteiger partial charge in [0, 0.05) is 17.8 Å². The van der Waals surface area contributed by atoms with Crippen molar-refractivity contribution in [2.45, 2.75) is 77.7 Å². The molecule has 0 radical (unpaired) electrons. The van der Waals surface area contributed by atoms with Gasteiger partial charge >= 0.3 is 0 Å². The monoisotopic (exact) mass is 424 g/mol. The molecule has 31 heavy (non-hydrogen) atoms. The minimum absolute atomic E-state index is 0.0401. The summed E-state index contributed by atoms with van der Waals surface area (Å²) in [7, 11) is 0. The van der Waals surface area contributed by atoms with Crippen molar-refractivity contribution in [3.8, 4) is 5.75 Å². The number of ether oxygens (including phenoxy) is 1. The van der Waals surface area contributed by atoms with Gasteiger partial charge in [-0.05, 0) is 68.9 Å². The first-order chi connectivity index (χ1) is 14.8. The second-order valence-corrected chi connectivity index (χ2v) is 8.68. The van der Waals surface area contributed by atoms with Gasteiger partial charge < -0.3 is 10.1 Å². The molecule has 1 N–H and O–H groups in total. The molecular formula is C25H32N2O4. The van der Waals surface area contributed by atoms with Gasteiger partial charge in [-0.15, -0.1) is 0 Å². The Balaban J connectivity index is 1.88.